The lowest BCUT2D eigenvalue weighted by atomic mass is 9.94. The first-order valence-electron chi connectivity index (χ1n) is 9.68. The Morgan fingerprint density at radius 3 is 2.54 bits per heavy atom. The minimum Gasteiger partial charge on any atom is -0.460 e. The van der Waals surface area contributed by atoms with Crippen molar-refractivity contribution in [1.29, 1.82) is 0 Å². The number of rotatable bonds is 6. The van der Waals surface area contributed by atoms with Crippen LogP contribution < -0.4 is 5.32 Å². The second-order valence-corrected chi connectivity index (χ2v) is 8.17. The molecular weight excluding hydrogens is 356 g/mol. The lowest BCUT2D eigenvalue weighted by Gasteiger charge is -2.33. The molecular formula is C22H30N2O4. The Morgan fingerprint density at radius 1 is 1.25 bits per heavy atom. The Labute approximate surface area is 166 Å². The van der Waals surface area contributed by atoms with Crippen molar-refractivity contribution in [2.75, 3.05) is 13.1 Å². The van der Waals surface area contributed by atoms with Gasteiger partial charge < -0.3 is 15.0 Å². The molecule has 1 atom stereocenters. The predicted octanol–water partition coefficient (Wildman–Crippen LogP) is 3.07. The number of nitrogens with zero attached hydrogens (tertiary/aromatic N) is 1. The molecule has 0 bridgehead atoms. The monoisotopic (exact) mass is 386 g/mol. The minimum absolute atomic E-state index is 0.0319. The summed E-state index contributed by atoms with van der Waals surface area (Å²) in [6.45, 7) is 10.6. The Kier molecular flexibility index (Phi) is 7.38. The fraction of sp³-hybridized carbons (Fsp3) is 0.500. The summed E-state index contributed by atoms with van der Waals surface area (Å²) in [6, 6.07) is 7.21. The molecule has 152 valence electrons. The fourth-order valence-electron chi connectivity index (χ4n) is 3.24. The second kappa shape index (κ2) is 9.53. The molecule has 1 aliphatic heterocycles. The van der Waals surface area contributed by atoms with E-state index >= 15 is 0 Å². The third-order valence-electron chi connectivity index (χ3n) is 4.53. The number of piperidine rings is 1. The van der Waals surface area contributed by atoms with Gasteiger partial charge in [0.2, 0.25) is 5.91 Å². The van der Waals surface area contributed by atoms with Gasteiger partial charge in [0.05, 0.1) is 6.42 Å². The first-order chi connectivity index (χ1) is 13.2. The van der Waals surface area contributed by atoms with Gasteiger partial charge in [0, 0.05) is 25.2 Å². The van der Waals surface area contributed by atoms with E-state index in [4.69, 9.17) is 4.74 Å². The van der Waals surface area contributed by atoms with Crippen molar-refractivity contribution >= 4 is 17.8 Å². The van der Waals surface area contributed by atoms with Crippen LogP contribution in [0.3, 0.4) is 0 Å². The number of likely N-dealkylation sites (tertiary alicyclic amines) is 1. The highest BCUT2D eigenvalue weighted by atomic mass is 16.6. The lowest BCUT2D eigenvalue weighted by Crippen LogP contribution is -2.41. The van der Waals surface area contributed by atoms with E-state index < -0.39 is 5.60 Å². The topological polar surface area (TPSA) is 75.7 Å². The Bertz CT molecular complexity index is 719. The summed E-state index contributed by atoms with van der Waals surface area (Å²) in [7, 11) is 0. The number of carbonyl (C=O) groups is 3. The predicted molar refractivity (Wildman–Crippen MR) is 108 cm³/mol. The molecule has 1 unspecified atom stereocenters. The van der Waals surface area contributed by atoms with E-state index in [9.17, 15) is 14.4 Å². The quantitative estimate of drug-likeness (QED) is 0.602. The van der Waals surface area contributed by atoms with Gasteiger partial charge in [0.1, 0.15) is 5.60 Å². The molecule has 6 nitrogen and oxygen atoms in total. The standard InChI is InChI=1S/C22H30N2O4/c1-5-19(25)23-14-16-8-10-18(11-9-16)21(27)24-12-6-7-17(15-24)13-20(26)28-22(2,3)4/h5,8-11,17H,1,6-7,12-15H2,2-4H3,(H,23,25). The van der Waals surface area contributed by atoms with Gasteiger partial charge in [-0.25, -0.2) is 0 Å². The van der Waals surface area contributed by atoms with Gasteiger partial charge in [-0.3, -0.25) is 14.4 Å². The molecule has 0 radical (unpaired) electrons. The summed E-state index contributed by atoms with van der Waals surface area (Å²) in [4.78, 5) is 37.9. The van der Waals surface area contributed by atoms with Crippen molar-refractivity contribution in [3.05, 3.63) is 48.0 Å². The van der Waals surface area contributed by atoms with Crippen LogP contribution in [0.4, 0.5) is 0 Å². The van der Waals surface area contributed by atoms with Crippen LogP contribution in [0.25, 0.3) is 0 Å². The van der Waals surface area contributed by atoms with Crippen LogP contribution in [0, 0.1) is 5.92 Å². The van der Waals surface area contributed by atoms with E-state index in [1.165, 1.54) is 6.08 Å². The third-order valence-corrected chi connectivity index (χ3v) is 4.53. The van der Waals surface area contributed by atoms with Crippen molar-refractivity contribution in [3.63, 3.8) is 0 Å². The molecule has 0 aliphatic carbocycles. The van der Waals surface area contributed by atoms with Crippen LogP contribution in [0.5, 0.6) is 0 Å². The SMILES string of the molecule is C=CC(=O)NCc1ccc(C(=O)N2CCCC(CC(=O)OC(C)(C)C)C2)cc1. The van der Waals surface area contributed by atoms with Crippen molar-refractivity contribution in [3.8, 4) is 0 Å². The number of carbonyl (C=O) groups excluding carboxylic acids is 3. The average molecular weight is 386 g/mol. The van der Waals surface area contributed by atoms with Gasteiger partial charge in [-0.15, -0.1) is 0 Å². The summed E-state index contributed by atoms with van der Waals surface area (Å²) < 4.78 is 5.40. The van der Waals surface area contributed by atoms with Crippen LogP contribution in [-0.4, -0.2) is 41.4 Å². The Morgan fingerprint density at radius 2 is 1.93 bits per heavy atom. The van der Waals surface area contributed by atoms with Gasteiger partial charge in [-0.2, -0.15) is 0 Å². The molecule has 2 rings (SSSR count). The molecule has 1 aromatic rings. The summed E-state index contributed by atoms with van der Waals surface area (Å²) in [5.41, 5.74) is 1.03. The molecule has 0 saturated carbocycles. The second-order valence-electron chi connectivity index (χ2n) is 8.17. The molecule has 1 aliphatic rings. The van der Waals surface area contributed by atoms with Crippen LogP contribution in [-0.2, 0) is 20.9 Å². The van der Waals surface area contributed by atoms with Gasteiger partial charge >= 0.3 is 5.97 Å². The highest BCUT2D eigenvalue weighted by molar-refractivity contribution is 5.94. The third kappa shape index (κ3) is 6.83. The number of hydrogen-bond donors (Lipinski definition) is 1. The largest absolute Gasteiger partial charge is 0.460 e. The molecule has 1 fully saturated rings. The first-order valence-corrected chi connectivity index (χ1v) is 9.68. The van der Waals surface area contributed by atoms with E-state index in [2.05, 4.69) is 11.9 Å². The summed E-state index contributed by atoms with van der Waals surface area (Å²) >= 11 is 0. The van der Waals surface area contributed by atoms with Crippen molar-refractivity contribution in [1.82, 2.24) is 10.2 Å². The highest BCUT2D eigenvalue weighted by Gasteiger charge is 2.27. The number of ether oxygens (including phenoxy) is 1. The number of hydrogen-bond acceptors (Lipinski definition) is 4. The molecule has 1 saturated heterocycles. The normalized spacial score (nSPS) is 17.0. The first kappa shape index (κ1) is 21.7. The van der Waals surface area contributed by atoms with Crippen LogP contribution in [0.15, 0.2) is 36.9 Å². The van der Waals surface area contributed by atoms with Crippen LogP contribution in [0.2, 0.25) is 0 Å². The van der Waals surface area contributed by atoms with E-state index in [0.717, 1.165) is 18.4 Å². The smallest absolute Gasteiger partial charge is 0.306 e. The number of esters is 1. The fourth-order valence-corrected chi connectivity index (χ4v) is 3.24. The summed E-state index contributed by atoms with van der Waals surface area (Å²) in [5, 5.41) is 2.70. The van der Waals surface area contributed by atoms with E-state index in [0.29, 0.717) is 31.6 Å². The minimum atomic E-state index is -0.492. The molecule has 1 aromatic carbocycles. The summed E-state index contributed by atoms with van der Waals surface area (Å²) in [5.74, 6) is -0.348. The van der Waals surface area contributed by atoms with Gasteiger partial charge in [0.25, 0.3) is 5.91 Å². The van der Waals surface area contributed by atoms with Gasteiger partial charge in [0.15, 0.2) is 0 Å². The number of amides is 2. The maximum Gasteiger partial charge on any atom is 0.306 e. The molecule has 0 aromatic heterocycles. The van der Waals surface area contributed by atoms with E-state index in [1.54, 1.807) is 12.1 Å². The van der Waals surface area contributed by atoms with Crippen LogP contribution in [0.1, 0.15) is 56.0 Å². The molecule has 1 N–H and O–H groups in total. The molecule has 0 spiro atoms. The van der Waals surface area contributed by atoms with Gasteiger partial charge in [-0.05, 0) is 63.3 Å². The Balaban J connectivity index is 1.91. The van der Waals surface area contributed by atoms with Crippen molar-refractivity contribution in [2.24, 2.45) is 5.92 Å². The molecule has 2 amide bonds. The zero-order valence-corrected chi connectivity index (χ0v) is 17.0. The van der Waals surface area contributed by atoms with E-state index in [1.807, 2.05) is 37.8 Å². The maximum atomic E-state index is 12.8. The van der Waals surface area contributed by atoms with Crippen LogP contribution >= 0.6 is 0 Å². The highest BCUT2D eigenvalue weighted by Crippen LogP contribution is 2.23. The molecule has 1 heterocycles. The van der Waals surface area contributed by atoms with E-state index in [-0.39, 0.29) is 23.7 Å². The average Bonchev–Trinajstić information content (AvgIpc) is 2.64. The lowest BCUT2D eigenvalue weighted by molar-refractivity contribution is -0.156. The Hall–Kier alpha value is -2.63. The molecule has 6 heteroatoms. The number of benzene rings is 1. The maximum absolute atomic E-state index is 12.8. The van der Waals surface area contributed by atoms with Crippen molar-refractivity contribution in [2.45, 2.75) is 52.2 Å². The molecule has 28 heavy (non-hydrogen) atoms. The zero-order valence-electron chi connectivity index (χ0n) is 17.0. The van der Waals surface area contributed by atoms with Gasteiger partial charge in [-0.1, -0.05) is 18.7 Å². The number of nitrogens with one attached hydrogen (secondary N) is 1. The zero-order chi connectivity index (χ0) is 20.7. The summed E-state index contributed by atoms with van der Waals surface area (Å²) in [6.07, 6.45) is 3.36. The van der Waals surface area contributed by atoms with Crippen molar-refractivity contribution < 1.29 is 19.1 Å².